The average Bonchev–Trinajstić information content (AvgIpc) is 2.96. The molecule has 1 N–H and O–H groups in total. The van der Waals surface area contributed by atoms with Crippen LogP contribution in [-0.4, -0.2) is 13.7 Å². The van der Waals surface area contributed by atoms with Crippen molar-refractivity contribution < 1.29 is 9.47 Å². The summed E-state index contributed by atoms with van der Waals surface area (Å²) in [5.41, 5.74) is 1.20. The van der Waals surface area contributed by atoms with Gasteiger partial charge in [-0.25, -0.2) is 0 Å². The minimum Gasteiger partial charge on any atom is -0.493 e. The fourth-order valence-electron chi connectivity index (χ4n) is 2.14. The van der Waals surface area contributed by atoms with Crippen molar-refractivity contribution in [1.29, 1.82) is 0 Å². The van der Waals surface area contributed by atoms with Gasteiger partial charge < -0.3 is 14.8 Å². The van der Waals surface area contributed by atoms with E-state index in [1.54, 1.807) is 7.11 Å². The van der Waals surface area contributed by atoms with Crippen LogP contribution >= 0.6 is 11.3 Å². The van der Waals surface area contributed by atoms with Gasteiger partial charge in [-0.2, -0.15) is 0 Å². The van der Waals surface area contributed by atoms with E-state index >= 15 is 0 Å². The van der Waals surface area contributed by atoms with Crippen LogP contribution in [0.2, 0.25) is 0 Å². The summed E-state index contributed by atoms with van der Waals surface area (Å²) in [6.45, 7) is 6.54. The number of benzene rings is 1. The number of aryl methyl sites for hydroxylation is 1. The summed E-state index contributed by atoms with van der Waals surface area (Å²) in [6.07, 6.45) is 1.11. The van der Waals surface area contributed by atoms with Gasteiger partial charge in [0.05, 0.1) is 13.7 Å². The van der Waals surface area contributed by atoms with Crippen molar-refractivity contribution in [3.63, 3.8) is 0 Å². The Morgan fingerprint density at radius 2 is 1.81 bits per heavy atom. The van der Waals surface area contributed by atoms with E-state index in [0.717, 1.165) is 31.0 Å². The van der Waals surface area contributed by atoms with E-state index in [9.17, 15) is 0 Å². The van der Waals surface area contributed by atoms with Crippen LogP contribution < -0.4 is 14.8 Å². The van der Waals surface area contributed by atoms with E-state index < -0.39 is 0 Å². The first-order valence-corrected chi connectivity index (χ1v) is 8.16. The molecular weight excluding hydrogens is 282 g/mol. The highest BCUT2D eigenvalue weighted by Crippen LogP contribution is 2.28. The number of rotatable bonds is 8. The molecule has 0 aliphatic rings. The van der Waals surface area contributed by atoms with Crippen molar-refractivity contribution in [3.8, 4) is 11.5 Å². The van der Waals surface area contributed by atoms with E-state index in [0.29, 0.717) is 6.61 Å². The maximum absolute atomic E-state index is 5.60. The molecule has 0 spiro atoms. The van der Waals surface area contributed by atoms with Crippen molar-refractivity contribution in [3.05, 3.63) is 45.6 Å². The standard InChI is InChI=1S/C17H23NO2S/c1-4-14-7-8-15(21-14)12-18-11-13-6-9-16(19-3)17(10-13)20-5-2/h6-10,18H,4-5,11-12H2,1-3H3. The summed E-state index contributed by atoms with van der Waals surface area (Å²) in [4.78, 5) is 2.82. The monoisotopic (exact) mass is 305 g/mol. The van der Waals surface area contributed by atoms with Crippen LogP contribution in [0.5, 0.6) is 11.5 Å². The summed E-state index contributed by atoms with van der Waals surface area (Å²) in [5.74, 6) is 1.59. The van der Waals surface area contributed by atoms with Crippen molar-refractivity contribution >= 4 is 11.3 Å². The predicted octanol–water partition coefficient (Wildman–Crippen LogP) is 4.01. The molecule has 21 heavy (non-hydrogen) atoms. The third-order valence-electron chi connectivity index (χ3n) is 3.22. The summed E-state index contributed by atoms with van der Waals surface area (Å²) < 4.78 is 10.9. The second-order valence-electron chi connectivity index (χ2n) is 4.74. The lowest BCUT2D eigenvalue weighted by atomic mass is 10.2. The van der Waals surface area contributed by atoms with Gasteiger partial charge in [-0.15, -0.1) is 11.3 Å². The van der Waals surface area contributed by atoms with Crippen LogP contribution in [0, 0.1) is 0 Å². The first kappa shape index (κ1) is 15.9. The molecule has 0 saturated heterocycles. The Labute approximate surface area is 130 Å². The summed E-state index contributed by atoms with van der Waals surface area (Å²) >= 11 is 1.88. The van der Waals surface area contributed by atoms with E-state index in [1.807, 2.05) is 30.4 Å². The Hall–Kier alpha value is -1.52. The highest BCUT2D eigenvalue weighted by Gasteiger charge is 2.05. The first-order valence-electron chi connectivity index (χ1n) is 7.34. The highest BCUT2D eigenvalue weighted by molar-refractivity contribution is 7.11. The Morgan fingerprint density at radius 3 is 2.48 bits per heavy atom. The van der Waals surface area contributed by atoms with Gasteiger partial charge in [-0.1, -0.05) is 13.0 Å². The molecule has 0 aliphatic carbocycles. The van der Waals surface area contributed by atoms with Gasteiger partial charge in [0.1, 0.15) is 0 Å². The molecule has 1 aromatic carbocycles. The van der Waals surface area contributed by atoms with Crippen LogP contribution in [0.3, 0.4) is 0 Å². The van der Waals surface area contributed by atoms with Gasteiger partial charge in [0.25, 0.3) is 0 Å². The number of thiophene rings is 1. The minimum atomic E-state index is 0.641. The van der Waals surface area contributed by atoms with E-state index in [4.69, 9.17) is 9.47 Å². The lowest BCUT2D eigenvalue weighted by molar-refractivity contribution is 0.310. The number of hydrogen-bond donors (Lipinski definition) is 1. The molecule has 1 heterocycles. The Balaban J connectivity index is 1.91. The topological polar surface area (TPSA) is 30.5 Å². The van der Waals surface area contributed by atoms with Crippen molar-refractivity contribution in [1.82, 2.24) is 5.32 Å². The molecule has 0 amide bonds. The van der Waals surface area contributed by atoms with Crippen molar-refractivity contribution in [2.45, 2.75) is 33.4 Å². The summed E-state index contributed by atoms with van der Waals surface area (Å²) in [7, 11) is 1.66. The van der Waals surface area contributed by atoms with Gasteiger partial charge in [0, 0.05) is 22.8 Å². The summed E-state index contributed by atoms with van der Waals surface area (Å²) in [6, 6.07) is 10.5. The zero-order valence-electron chi connectivity index (χ0n) is 12.9. The largest absolute Gasteiger partial charge is 0.493 e. The second-order valence-corrected chi connectivity index (χ2v) is 6.00. The maximum Gasteiger partial charge on any atom is 0.161 e. The van der Waals surface area contributed by atoms with Gasteiger partial charge in [-0.05, 0) is 43.2 Å². The van der Waals surface area contributed by atoms with Crippen LogP contribution in [0.4, 0.5) is 0 Å². The number of ether oxygens (including phenoxy) is 2. The van der Waals surface area contributed by atoms with E-state index in [1.165, 1.54) is 15.3 Å². The average molecular weight is 305 g/mol. The SMILES string of the molecule is CCOc1cc(CNCc2ccc(CC)s2)ccc1OC. The Bertz CT molecular complexity index is 566. The van der Waals surface area contributed by atoms with Gasteiger partial charge >= 0.3 is 0 Å². The van der Waals surface area contributed by atoms with Crippen LogP contribution in [0.1, 0.15) is 29.2 Å². The minimum absolute atomic E-state index is 0.641. The molecule has 2 rings (SSSR count). The van der Waals surface area contributed by atoms with Crippen molar-refractivity contribution in [2.24, 2.45) is 0 Å². The molecule has 2 aromatic rings. The lowest BCUT2D eigenvalue weighted by Gasteiger charge is -2.11. The Kier molecular flexibility index (Phi) is 6.08. The molecule has 0 unspecified atom stereocenters. The predicted molar refractivity (Wildman–Crippen MR) is 88.4 cm³/mol. The van der Waals surface area contributed by atoms with Crippen LogP contribution in [0.15, 0.2) is 30.3 Å². The maximum atomic E-state index is 5.60. The fourth-order valence-corrected chi connectivity index (χ4v) is 3.06. The zero-order valence-corrected chi connectivity index (χ0v) is 13.8. The second kappa shape index (κ2) is 8.05. The molecule has 0 atom stereocenters. The smallest absolute Gasteiger partial charge is 0.161 e. The van der Waals surface area contributed by atoms with Gasteiger partial charge in [0.15, 0.2) is 11.5 Å². The van der Waals surface area contributed by atoms with Crippen LogP contribution in [0.25, 0.3) is 0 Å². The molecule has 4 heteroatoms. The third kappa shape index (κ3) is 4.48. The molecule has 0 bridgehead atoms. The van der Waals surface area contributed by atoms with E-state index in [-0.39, 0.29) is 0 Å². The zero-order chi connectivity index (χ0) is 15.1. The molecule has 0 aliphatic heterocycles. The number of nitrogens with one attached hydrogen (secondary N) is 1. The summed E-state index contributed by atoms with van der Waals surface area (Å²) in [5, 5.41) is 3.48. The fraction of sp³-hybridized carbons (Fsp3) is 0.412. The molecule has 0 radical (unpaired) electrons. The normalized spacial score (nSPS) is 10.6. The molecule has 3 nitrogen and oxygen atoms in total. The van der Waals surface area contributed by atoms with E-state index in [2.05, 4.69) is 30.4 Å². The molecule has 0 saturated carbocycles. The number of hydrogen-bond acceptors (Lipinski definition) is 4. The van der Waals surface area contributed by atoms with Gasteiger partial charge in [-0.3, -0.25) is 0 Å². The molecule has 0 fully saturated rings. The molecule has 1 aromatic heterocycles. The quantitative estimate of drug-likeness (QED) is 0.799. The number of methoxy groups -OCH3 is 1. The first-order chi connectivity index (χ1) is 10.3. The Morgan fingerprint density at radius 1 is 1.00 bits per heavy atom. The highest BCUT2D eigenvalue weighted by atomic mass is 32.1. The van der Waals surface area contributed by atoms with Crippen LogP contribution in [-0.2, 0) is 19.5 Å². The van der Waals surface area contributed by atoms with Gasteiger partial charge in [0.2, 0.25) is 0 Å². The lowest BCUT2D eigenvalue weighted by Crippen LogP contribution is -2.11. The van der Waals surface area contributed by atoms with Crippen molar-refractivity contribution in [2.75, 3.05) is 13.7 Å². The molecule has 114 valence electrons. The molecular formula is C17H23NO2S. The third-order valence-corrected chi connectivity index (χ3v) is 4.45.